The van der Waals surface area contributed by atoms with E-state index in [-0.39, 0.29) is 0 Å². The summed E-state index contributed by atoms with van der Waals surface area (Å²) in [4.78, 5) is 7.07. The molecule has 1 fully saturated rings. The average molecular weight is 300 g/mol. The van der Waals surface area contributed by atoms with Gasteiger partial charge in [-0.1, -0.05) is 24.3 Å². The van der Waals surface area contributed by atoms with E-state index in [1.165, 1.54) is 10.8 Å². The van der Waals surface area contributed by atoms with Gasteiger partial charge in [0.15, 0.2) is 0 Å². The second-order valence-corrected chi connectivity index (χ2v) is 5.79. The number of fused-ring (bicyclic) bond motifs is 1. The molecule has 3 N–H and O–H groups in total. The van der Waals surface area contributed by atoms with Crippen LogP contribution in [-0.2, 0) is 4.74 Å². The maximum Gasteiger partial charge on any atom is 0.136 e. The zero-order valence-electron chi connectivity index (χ0n) is 13.1. The highest BCUT2D eigenvalue weighted by atomic mass is 16.5. The summed E-state index contributed by atoms with van der Waals surface area (Å²) >= 11 is 0. The van der Waals surface area contributed by atoms with E-state index in [9.17, 15) is 0 Å². The van der Waals surface area contributed by atoms with E-state index in [1.807, 2.05) is 6.20 Å². The standard InChI is InChI=1S/C17H24N4O/c1-22-11-8-19-16-12-20-17(15-5-3-2-4-14(15)16)21-9-6-13(18)7-10-21/h2-5,12-13,19H,6-11,18H2,1H3. The smallest absolute Gasteiger partial charge is 0.136 e. The number of pyridine rings is 1. The number of piperidine rings is 1. The summed E-state index contributed by atoms with van der Waals surface area (Å²) < 4.78 is 5.10. The minimum atomic E-state index is 0.331. The van der Waals surface area contributed by atoms with Gasteiger partial charge in [0.25, 0.3) is 0 Å². The molecule has 22 heavy (non-hydrogen) atoms. The van der Waals surface area contributed by atoms with E-state index in [0.29, 0.717) is 12.6 Å². The van der Waals surface area contributed by atoms with Crippen molar-refractivity contribution in [2.45, 2.75) is 18.9 Å². The Morgan fingerprint density at radius 2 is 2.00 bits per heavy atom. The molecule has 1 aromatic carbocycles. The first-order chi connectivity index (χ1) is 10.8. The number of methoxy groups -OCH3 is 1. The van der Waals surface area contributed by atoms with Crippen molar-refractivity contribution in [3.63, 3.8) is 0 Å². The monoisotopic (exact) mass is 300 g/mol. The van der Waals surface area contributed by atoms with E-state index in [2.05, 4.69) is 34.5 Å². The van der Waals surface area contributed by atoms with Gasteiger partial charge in [-0.25, -0.2) is 4.98 Å². The third kappa shape index (κ3) is 3.15. The fourth-order valence-corrected chi connectivity index (χ4v) is 2.97. The molecule has 0 aliphatic carbocycles. The second kappa shape index (κ2) is 6.94. The van der Waals surface area contributed by atoms with Crippen molar-refractivity contribution in [1.29, 1.82) is 0 Å². The first-order valence-corrected chi connectivity index (χ1v) is 7.90. The predicted molar refractivity (Wildman–Crippen MR) is 91.5 cm³/mol. The Morgan fingerprint density at radius 3 is 2.73 bits per heavy atom. The molecule has 3 rings (SSSR count). The highest BCUT2D eigenvalue weighted by Gasteiger charge is 2.19. The van der Waals surface area contributed by atoms with Gasteiger partial charge in [-0.05, 0) is 12.8 Å². The Labute approximate surface area is 131 Å². The molecule has 1 aliphatic rings. The van der Waals surface area contributed by atoms with Gasteiger partial charge in [0.1, 0.15) is 5.82 Å². The van der Waals surface area contributed by atoms with Crippen LogP contribution < -0.4 is 16.0 Å². The van der Waals surface area contributed by atoms with Crippen molar-refractivity contribution in [1.82, 2.24) is 4.98 Å². The zero-order valence-corrected chi connectivity index (χ0v) is 13.1. The highest BCUT2D eigenvalue weighted by Crippen LogP contribution is 2.31. The molecule has 1 saturated heterocycles. The largest absolute Gasteiger partial charge is 0.383 e. The van der Waals surface area contributed by atoms with Crippen LogP contribution in [0.1, 0.15) is 12.8 Å². The Balaban J connectivity index is 1.90. The molecule has 0 spiro atoms. The summed E-state index contributed by atoms with van der Waals surface area (Å²) in [6, 6.07) is 8.76. The topological polar surface area (TPSA) is 63.4 Å². The lowest BCUT2D eigenvalue weighted by atomic mass is 10.0. The number of ether oxygens (including phenoxy) is 1. The number of anilines is 2. The van der Waals surface area contributed by atoms with Crippen molar-refractivity contribution >= 4 is 22.3 Å². The van der Waals surface area contributed by atoms with Crippen LogP contribution in [0.4, 0.5) is 11.5 Å². The summed E-state index contributed by atoms with van der Waals surface area (Å²) in [5, 5.41) is 5.80. The molecule has 1 aliphatic heterocycles. The lowest BCUT2D eigenvalue weighted by Gasteiger charge is -2.32. The Hall–Kier alpha value is -1.85. The SMILES string of the molecule is COCCNc1cnc(N2CCC(N)CC2)c2ccccc12. The summed E-state index contributed by atoms with van der Waals surface area (Å²) in [5.74, 6) is 1.07. The molecule has 0 bridgehead atoms. The molecule has 5 nitrogen and oxygen atoms in total. The number of hydrogen-bond acceptors (Lipinski definition) is 5. The quantitative estimate of drug-likeness (QED) is 0.829. The lowest BCUT2D eigenvalue weighted by Crippen LogP contribution is -2.40. The fraction of sp³-hybridized carbons (Fsp3) is 0.471. The number of nitrogens with two attached hydrogens (primary N) is 1. The molecule has 0 saturated carbocycles. The second-order valence-electron chi connectivity index (χ2n) is 5.79. The van der Waals surface area contributed by atoms with E-state index in [1.54, 1.807) is 7.11 Å². The lowest BCUT2D eigenvalue weighted by molar-refractivity contribution is 0.211. The van der Waals surface area contributed by atoms with Gasteiger partial charge in [0.2, 0.25) is 0 Å². The first kappa shape index (κ1) is 15.1. The van der Waals surface area contributed by atoms with Gasteiger partial charge < -0.3 is 20.7 Å². The number of nitrogens with zero attached hydrogens (tertiary/aromatic N) is 2. The molecule has 0 amide bonds. The van der Waals surface area contributed by atoms with Crippen LogP contribution in [0.25, 0.3) is 10.8 Å². The Kier molecular flexibility index (Phi) is 4.75. The van der Waals surface area contributed by atoms with Crippen LogP contribution in [0.2, 0.25) is 0 Å². The molecule has 118 valence electrons. The molecule has 0 radical (unpaired) electrons. The van der Waals surface area contributed by atoms with Crippen molar-refractivity contribution in [2.24, 2.45) is 5.73 Å². The molecule has 2 aromatic rings. The van der Waals surface area contributed by atoms with Crippen molar-refractivity contribution in [3.8, 4) is 0 Å². The van der Waals surface area contributed by atoms with E-state index in [0.717, 1.165) is 44.0 Å². The number of benzene rings is 1. The minimum absolute atomic E-state index is 0.331. The normalized spacial score (nSPS) is 16.2. The van der Waals surface area contributed by atoms with Crippen LogP contribution in [0.3, 0.4) is 0 Å². The molecule has 0 unspecified atom stereocenters. The number of aromatic nitrogens is 1. The van der Waals surface area contributed by atoms with Gasteiger partial charge in [0, 0.05) is 43.6 Å². The molecule has 5 heteroatoms. The molecule has 2 heterocycles. The van der Waals surface area contributed by atoms with E-state index < -0.39 is 0 Å². The number of hydrogen-bond donors (Lipinski definition) is 2. The predicted octanol–water partition coefficient (Wildman–Crippen LogP) is 2.22. The van der Waals surface area contributed by atoms with Crippen LogP contribution in [0.15, 0.2) is 30.5 Å². The maximum atomic E-state index is 6.01. The maximum absolute atomic E-state index is 6.01. The number of rotatable bonds is 5. The summed E-state index contributed by atoms with van der Waals surface area (Å²) in [6.07, 6.45) is 4.00. The van der Waals surface area contributed by atoms with Gasteiger partial charge in [0.05, 0.1) is 18.5 Å². The van der Waals surface area contributed by atoms with Crippen LogP contribution in [0, 0.1) is 0 Å². The number of nitrogens with one attached hydrogen (secondary N) is 1. The highest BCUT2D eigenvalue weighted by molar-refractivity contribution is 6.00. The molecular formula is C17H24N4O. The fourth-order valence-electron chi connectivity index (χ4n) is 2.97. The average Bonchev–Trinajstić information content (AvgIpc) is 2.56. The third-order valence-corrected chi connectivity index (χ3v) is 4.23. The first-order valence-electron chi connectivity index (χ1n) is 7.90. The summed E-state index contributed by atoms with van der Waals surface area (Å²) in [7, 11) is 1.71. The third-order valence-electron chi connectivity index (χ3n) is 4.23. The van der Waals surface area contributed by atoms with Crippen LogP contribution in [-0.4, -0.2) is 44.4 Å². The summed E-state index contributed by atoms with van der Waals surface area (Å²) in [5.41, 5.74) is 7.07. The zero-order chi connectivity index (χ0) is 15.4. The molecule has 0 atom stereocenters. The van der Waals surface area contributed by atoms with Gasteiger partial charge >= 0.3 is 0 Å². The molecular weight excluding hydrogens is 276 g/mol. The van der Waals surface area contributed by atoms with E-state index >= 15 is 0 Å². The van der Waals surface area contributed by atoms with Crippen molar-refractivity contribution in [2.75, 3.05) is 43.6 Å². The minimum Gasteiger partial charge on any atom is -0.383 e. The van der Waals surface area contributed by atoms with Gasteiger partial charge in [-0.15, -0.1) is 0 Å². The van der Waals surface area contributed by atoms with Crippen molar-refractivity contribution in [3.05, 3.63) is 30.5 Å². The van der Waals surface area contributed by atoms with Crippen molar-refractivity contribution < 1.29 is 4.74 Å². The Bertz CT molecular complexity index is 623. The molecule has 1 aromatic heterocycles. The van der Waals surface area contributed by atoms with Gasteiger partial charge in [-0.3, -0.25) is 0 Å². The van der Waals surface area contributed by atoms with Crippen LogP contribution in [0.5, 0.6) is 0 Å². The van der Waals surface area contributed by atoms with Crippen LogP contribution >= 0.6 is 0 Å². The van der Waals surface area contributed by atoms with E-state index in [4.69, 9.17) is 15.5 Å². The summed E-state index contributed by atoms with van der Waals surface area (Å²) in [6.45, 7) is 3.42. The van der Waals surface area contributed by atoms with Gasteiger partial charge in [-0.2, -0.15) is 0 Å². The Morgan fingerprint density at radius 1 is 1.27 bits per heavy atom.